The van der Waals surface area contributed by atoms with Crippen molar-refractivity contribution in [1.82, 2.24) is 0 Å². The summed E-state index contributed by atoms with van der Waals surface area (Å²) < 4.78 is 5.46. The molecule has 1 aliphatic rings. The largest absolute Gasteiger partial charge is 0.459 e. The van der Waals surface area contributed by atoms with Gasteiger partial charge in [-0.3, -0.25) is 4.79 Å². The fourth-order valence-corrected chi connectivity index (χ4v) is 2.14. The smallest absolute Gasteiger partial charge is 0.306 e. The Morgan fingerprint density at radius 3 is 2.60 bits per heavy atom. The van der Waals surface area contributed by atoms with Gasteiger partial charge in [-0.2, -0.15) is 0 Å². The lowest BCUT2D eigenvalue weighted by Gasteiger charge is -2.26. The van der Waals surface area contributed by atoms with Crippen LogP contribution < -0.4 is 0 Å². The molecule has 1 aromatic carbocycles. The number of benzene rings is 1. The summed E-state index contributed by atoms with van der Waals surface area (Å²) in [6.07, 6.45) is 3.17. The molecule has 1 atom stereocenters. The van der Waals surface area contributed by atoms with E-state index in [1.54, 1.807) is 0 Å². The van der Waals surface area contributed by atoms with Crippen molar-refractivity contribution in [3.8, 4) is 0 Å². The second kappa shape index (κ2) is 4.05. The van der Waals surface area contributed by atoms with Crippen molar-refractivity contribution in [1.29, 1.82) is 0 Å². The number of esters is 1. The first-order chi connectivity index (χ1) is 7.24. The molecule has 2 nitrogen and oxygen atoms in total. The van der Waals surface area contributed by atoms with Crippen LogP contribution in [0.5, 0.6) is 0 Å². The fourth-order valence-electron chi connectivity index (χ4n) is 2.14. The van der Waals surface area contributed by atoms with Crippen molar-refractivity contribution in [2.45, 2.75) is 38.2 Å². The molecule has 80 valence electrons. The van der Waals surface area contributed by atoms with Crippen LogP contribution in [0.15, 0.2) is 30.3 Å². The number of hydrogen-bond acceptors (Lipinski definition) is 2. The van der Waals surface area contributed by atoms with Gasteiger partial charge < -0.3 is 4.74 Å². The molecule has 0 aromatic heterocycles. The maximum atomic E-state index is 11.2. The van der Waals surface area contributed by atoms with Crippen molar-refractivity contribution >= 4 is 5.97 Å². The Morgan fingerprint density at radius 1 is 1.33 bits per heavy atom. The van der Waals surface area contributed by atoms with Crippen LogP contribution >= 0.6 is 0 Å². The quantitative estimate of drug-likeness (QED) is 0.708. The van der Waals surface area contributed by atoms with Crippen LogP contribution in [0.25, 0.3) is 0 Å². The van der Waals surface area contributed by atoms with Crippen LogP contribution in [0.1, 0.15) is 31.7 Å². The van der Waals surface area contributed by atoms with Gasteiger partial charge in [0.25, 0.3) is 0 Å². The summed E-state index contributed by atoms with van der Waals surface area (Å²) in [6, 6.07) is 10.2. The number of ether oxygens (including phenoxy) is 1. The summed E-state index contributed by atoms with van der Waals surface area (Å²) in [7, 11) is 0. The Bertz CT molecular complexity index is 345. The number of carbonyl (C=O) groups is 1. The van der Waals surface area contributed by atoms with Gasteiger partial charge in [-0.1, -0.05) is 37.3 Å². The maximum absolute atomic E-state index is 11.2. The molecular weight excluding hydrogens is 188 g/mol. The normalized spacial score (nSPS) is 25.3. The molecule has 0 N–H and O–H groups in total. The first kappa shape index (κ1) is 10.2. The van der Waals surface area contributed by atoms with Crippen LogP contribution in [0.2, 0.25) is 0 Å². The Balaban J connectivity index is 2.12. The molecule has 0 amide bonds. The number of cyclic esters (lactones) is 1. The first-order valence-electron chi connectivity index (χ1n) is 5.50. The van der Waals surface area contributed by atoms with Crippen molar-refractivity contribution in [3.63, 3.8) is 0 Å². The second-order valence-corrected chi connectivity index (χ2v) is 4.17. The molecule has 1 heterocycles. The average Bonchev–Trinajstić information content (AvgIpc) is 2.62. The molecule has 1 unspecified atom stereocenters. The highest BCUT2D eigenvalue weighted by atomic mass is 16.6. The van der Waals surface area contributed by atoms with Gasteiger partial charge in [0.05, 0.1) is 0 Å². The molecule has 1 fully saturated rings. The molecular formula is C13H16O2. The number of rotatable bonds is 3. The molecule has 0 saturated carbocycles. The number of carbonyl (C=O) groups excluding carboxylic acids is 1. The maximum Gasteiger partial charge on any atom is 0.306 e. The average molecular weight is 204 g/mol. The second-order valence-electron chi connectivity index (χ2n) is 4.17. The first-order valence-corrected chi connectivity index (χ1v) is 5.50. The van der Waals surface area contributed by atoms with Crippen LogP contribution in [0.3, 0.4) is 0 Å². The fraction of sp³-hybridized carbons (Fsp3) is 0.462. The third-order valence-electron chi connectivity index (χ3n) is 3.13. The minimum atomic E-state index is -0.238. The predicted molar refractivity (Wildman–Crippen MR) is 58.5 cm³/mol. The van der Waals surface area contributed by atoms with Gasteiger partial charge in [0.15, 0.2) is 0 Å². The van der Waals surface area contributed by atoms with E-state index in [0.717, 1.165) is 19.3 Å². The Labute approximate surface area is 90.3 Å². The van der Waals surface area contributed by atoms with E-state index >= 15 is 0 Å². The molecule has 2 rings (SSSR count). The van der Waals surface area contributed by atoms with Gasteiger partial charge in [-0.05, 0) is 18.4 Å². The molecule has 1 saturated heterocycles. The molecule has 1 aliphatic heterocycles. The molecule has 0 spiro atoms. The lowest BCUT2D eigenvalue weighted by molar-refractivity contribution is -0.148. The van der Waals surface area contributed by atoms with Crippen molar-refractivity contribution in [2.24, 2.45) is 0 Å². The monoisotopic (exact) mass is 204 g/mol. The third kappa shape index (κ3) is 2.20. The third-order valence-corrected chi connectivity index (χ3v) is 3.13. The van der Waals surface area contributed by atoms with E-state index < -0.39 is 0 Å². The summed E-state index contributed by atoms with van der Waals surface area (Å²) in [5, 5.41) is 0. The van der Waals surface area contributed by atoms with Gasteiger partial charge in [0, 0.05) is 12.8 Å². The van der Waals surface area contributed by atoms with E-state index in [9.17, 15) is 4.79 Å². The van der Waals surface area contributed by atoms with E-state index in [2.05, 4.69) is 19.1 Å². The zero-order valence-corrected chi connectivity index (χ0v) is 9.03. The van der Waals surface area contributed by atoms with Crippen molar-refractivity contribution in [2.75, 3.05) is 0 Å². The summed E-state index contributed by atoms with van der Waals surface area (Å²) in [5.74, 6) is -0.0484. The topological polar surface area (TPSA) is 26.3 Å². The standard InChI is InChI=1S/C13H16O2/c1-2-13(9-8-12(14)15-13)10-11-6-4-3-5-7-11/h3-7H,2,8-10H2,1H3. The highest BCUT2D eigenvalue weighted by molar-refractivity contribution is 5.72. The van der Waals surface area contributed by atoms with Gasteiger partial charge in [-0.15, -0.1) is 0 Å². The Morgan fingerprint density at radius 2 is 2.07 bits per heavy atom. The van der Waals surface area contributed by atoms with E-state index in [0.29, 0.717) is 6.42 Å². The van der Waals surface area contributed by atoms with Crippen molar-refractivity contribution < 1.29 is 9.53 Å². The van der Waals surface area contributed by atoms with Gasteiger partial charge in [0.2, 0.25) is 0 Å². The lowest BCUT2D eigenvalue weighted by atomic mass is 9.89. The zero-order valence-electron chi connectivity index (χ0n) is 9.03. The molecule has 1 aromatic rings. The van der Waals surface area contributed by atoms with E-state index in [1.807, 2.05) is 18.2 Å². The minimum absolute atomic E-state index is 0.0484. The van der Waals surface area contributed by atoms with Gasteiger partial charge in [0.1, 0.15) is 5.60 Å². The van der Waals surface area contributed by atoms with Gasteiger partial charge >= 0.3 is 5.97 Å². The Hall–Kier alpha value is -1.31. The molecule has 15 heavy (non-hydrogen) atoms. The number of hydrogen-bond donors (Lipinski definition) is 0. The van der Waals surface area contributed by atoms with E-state index in [4.69, 9.17) is 4.74 Å². The van der Waals surface area contributed by atoms with Crippen LogP contribution in [0, 0.1) is 0 Å². The van der Waals surface area contributed by atoms with E-state index in [-0.39, 0.29) is 11.6 Å². The van der Waals surface area contributed by atoms with Crippen LogP contribution in [0.4, 0.5) is 0 Å². The SMILES string of the molecule is CCC1(Cc2ccccc2)CCC(=O)O1. The highest BCUT2D eigenvalue weighted by Gasteiger charge is 2.38. The molecule has 0 radical (unpaired) electrons. The van der Waals surface area contributed by atoms with Gasteiger partial charge in [-0.25, -0.2) is 0 Å². The van der Waals surface area contributed by atoms with Crippen molar-refractivity contribution in [3.05, 3.63) is 35.9 Å². The molecule has 2 heteroatoms. The summed E-state index contributed by atoms with van der Waals surface area (Å²) in [4.78, 5) is 11.2. The summed E-state index contributed by atoms with van der Waals surface area (Å²) in [5.41, 5.74) is 1.01. The highest BCUT2D eigenvalue weighted by Crippen LogP contribution is 2.33. The predicted octanol–water partition coefficient (Wildman–Crippen LogP) is 2.71. The van der Waals surface area contributed by atoms with E-state index in [1.165, 1.54) is 5.56 Å². The molecule has 0 bridgehead atoms. The minimum Gasteiger partial charge on any atom is -0.459 e. The van der Waals surface area contributed by atoms with Crippen LogP contribution in [-0.2, 0) is 16.0 Å². The molecule has 0 aliphatic carbocycles. The summed E-state index contributed by atoms with van der Waals surface area (Å²) >= 11 is 0. The van der Waals surface area contributed by atoms with Crippen LogP contribution in [-0.4, -0.2) is 11.6 Å². The summed E-state index contributed by atoms with van der Waals surface area (Å²) in [6.45, 7) is 2.08. The lowest BCUT2D eigenvalue weighted by Crippen LogP contribution is -2.30. The Kier molecular flexibility index (Phi) is 2.76. The zero-order chi connectivity index (χ0) is 10.7.